The fourth-order valence-corrected chi connectivity index (χ4v) is 6.55. The number of hydrogen-bond donors (Lipinski definition) is 0. The van der Waals surface area contributed by atoms with Crippen molar-refractivity contribution in [1.82, 2.24) is 0 Å². The highest BCUT2D eigenvalue weighted by Gasteiger charge is 2.51. The standard InChI is InChI=1S/C14H20BrNOS.ClH/c15-7-12-8-18-13(17-12)16-14-4-9-1-10(5-14)3-11(2-9)6-14;/h9-12H,1-8H2;1H. The molecule has 4 aliphatic carbocycles. The molecule has 0 aromatic rings. The molecule has 5 fully saturated rings. The maximum atomic E-state index is 5.92. The van der Waals surface area contributed by atoms with Gasteiger partial charge in [-0.25, -0.2) is 4.99 Å². The van der Waals surface area contributed by atoms with Gasteiger partial charge in [-0.1, -0.05) is 27.7 Å². The summed E-state index contributed by atoms with van der Waals surface area (Å²) in [6.07, 6.45) is 8.82. The van der Waals surface area contributed by atoms with E-state index in [9.17, 15) is 0 Å². The van der Waals surface area contributed by atoms with E-state index in [0.717, 1.165) is 34.1 Å². The average Bonchev–Trinajstić information content (AvgIpc) is 2.74. The predicted molar refractivity (Wildman–Crippen MR) is 86.7 cm³/mol. The largest absolute Gasteiger partial charge is 0.468 e. The van der Waals surface area contributed by atoms with Crippen molar-refractivity contribution in [2.45, 2.75) is 50.2 Å². The van der Waals surface area contributed by atoms with E-state index in [1.807, 2.05) is 11.8 Å². The lowest BCUT2D eigenvalue weighted by Crippen LogP contribution is -2.49. The second-order valence-corrected chi connectivity index (χ2v) is 8.34. The molecule has 5 heteroatoms. The molecule has 0 amide bonds. The van der Waals surface area contributed by atoms with Crippen LogP contribution in [0.3, 0.4) is 0 Å². The highest BCUT2D eigenvalue weighted by Crippen LogP contribution is 2.57. The van der Waals surface area contributed by atoms with Crippen LogP contribution in [0.2, 0.25) is 0 Å². The van der Waals surface area contributed by atoms with Gasteiger partial charge in [0.15, 0.2) is 0 Å². The number of halogens is 2. The van der Waals surface area contributed by atoms with Crippen molar-refractivity contribution in [3.8, 4) is 0 Å². The first-order valence-electron chi connectivity index (χ1n) is 7.20. The molecule has 1 atom stereocenters. The molecule has 4 saturated carbocycles. The lowest BCUT2D eigenvalue weighted by atomic mass is 9.53. The number of alkyl halides is 1. The first kappa shape index (κ1) is 14.5. The van der Waals surface area contributed by atoms with Crippen LogP contribution in [-0.2, 0) is 4.74 Å². The number of thioether (sulfide) groups is 1. The van der Waals surface area contributed by atoms with E-state index >= 15 is 0 Å². The molecule has 1 aliphatic heterocycles. The molecule has 0 aromatic carbocycles. The Hall–Kier alpha value is 0.590. The summed E-state index contributed by atoms with van der Waals surface area (Å²) in [7, 11) is 0. The molecule has 4 bridgehead atoms. The summed E-state index contributed by atoms with van der Waals surface area (Å²) >= 11 is 5.33. The summed E-state index contributed by atoms with van der Waals surface area (Å²) in [4.78, 5) is 5.10. The Morgan fingerprint density at radius 2 is 1.74 bits per heavy atom. The number of aliphatic imine (C=N–C) groups is 1. The van der Waals surface area contributed by atoms with Crippen LogP contribution in [0.1, 0.15) is 38.5 Å². The van der Waals surface area contributed by atoms with Gasteiger partial charge in [-0.15, -0.1) is 12.4 Å². The van der Waals surface area contributed by atoms with Crippen molar-refractivity contribution in [3.63, 3.8) is 0 Å². The first-order chi connectivity index (χ1) is 8.75. The van der Waals surface area contributed by atoms with Gasteiger partial charge >= 0.3 is 0 Å². The molecular weight excluding hydrogens is 346 g/mol. The molecule has 5 aliphatic rings. The van der Waals surface area contributed by atoms with Crippen LogP contribution in [-0.4, -0.2) is 28.0 Å². The summed E-state index contributed by atoms with van der Waals surface area (Å²) in [6.45, 7) is 0. The molecule has 19 heavy (non-hydrogen) atoms. The summed E-state index contributed by atoms with van der Waals surface area (Å²) < 4.78 is 5.92. The Kier molecular flexibility index (Phi) is 4.14. The fraction of sp³-hybridized carbons (Fsp3) is 0.929. The van der Waals surface area contributed by atoms with E-state index in [1.54, 1.807) is 0 Å². The van der Waals surface area contributed by atoms with Crippen LogP contribution in [0.25, 0.3) is 0 Å². The van der Waals surface area contributed by atoms with Gasteiger partial charge in [0.25, 0.3) is 0 Å². The molecule has 0 N–H and O–H groups in total. The van der Waals surface area contributed by atoms with E-state index in [4.69, 9.17) is 9.73 Å². The number of rotatable bonds is 2. The molecule has 108 valence electrons. The molecule has 1 saturated heterocycles. The lowest BCUT2D eigenvalue weighted by Gasteiger charge is -2.54. The zero-order valence-corrected chi connectivity index (χ0v) is 14.2. The van der Waals surface area contributed by atoms with Crippen molar-refractivity contribution in [1.29, 1.82) is 0 Å². The number of ether oxygens (including phenoxy) is 1. The molecule has 1 unspecified atom stereocenters. The van der Waals surface area contributed by atoms with Gasteiger partial charge in [0.1, 0.15) is 6.10 Å². The van der Waals surface area contributed by atoms with Gasteiger partial charge in [-0.2, -0.15) is 0 Å². The zero-order chi connectivity index (χ0) is 12.2. The van der Waals surface area contributed by atoms with Crippen LogP contribution in [0.15, 0.2) is 4.99 Å². The topological polar surface area (TPSA) is 21.6 Å². The van der Waals surface area contributed by atoms with Gasteiger partial charge in [-0.3, -0.25) is 0 Å². The van der Waals surface area contributed by atoms with Gasteiger partial charge in [0, 0.05) is 11.1 Å². The smallest absolute Gasteiger partial charge is 0.246 e. The minimum atomic E-state index is 0. The monoisotopic (exact) mass is 365 g/mol. The summed E-state index contributed by atoms with van der Waals surface area (Å²) in [5.41, 5.74) is 0.276. The Balaban J connectivity index is 0.00000110. The van der Waals surface area contributed by atoms with Crippen molar-refractivity contribution in [3.05, 3.63) is 0 Å². The van der Waals surface area contributed by atoms with Gasteiger partial charge in [-0.05, 0) is 56.3 Å². The SMILES string of the molecule is BrCC1CSC(=NC23CC4CC(CC(C4)C2)C3)O1.Cl. The second-order valence-electron chi connectivity index (χ2n) is 6.72. The maximum Gasteiger partial charge on any atom is 0.246 e. The van der Waals surface area contributed by atoms with E-state index in [1.165, 1.54) is 38.5 Å². The minimum absolute atomic E-state index is 0. The molecule has 0 aromatic heterocycles. The molecule has 2 nitrogen and oxygen atoms in total. The number of hydrogen-bond acceptors (Lipinski definition) is 3. The van der Waals surface area contributed by atoms with E-state index < -0.39 is 0 Å². The van der Waals surface area contributed by atoms with Crippen LogP contribution in [0.4, 0.5) is 0 Å². The van der Waals surface area contributed by atoms with Crippen molar-refractivity contribution in [2.75, 3.05) is 11.1 Å². The highest BCUT2D eigenvalue weighted by molar-refractivity contribution is 9.09. The van der Waals surface area contributed by atoms with E-state index in [2.05, 4.69) is 15.9 Å². The Morgan fingerprint density at radius 1 is 1.16 bits per heavy atom. The normalized spacial score (nSPS) is 49.2. The fourth-order valence-electron chi connectivity index (χ4n) is 4.91. The Labute approximate surface area is 134 Å². The average molecular weight is 367 g/mol. The third-order valence-electron chi connectivity index (χ3n) is 5.17. The number of nitrogens with zero attached hydrogens (tertiary/aromatic N) is 1. The second kappa shape index (κ2) is 5.42. The summed E-state index contributed by atoms with van der Waals surface area (Å²) in [5, 5.41) is 1.92. The van der Waals surface area contributed by atoms with Crippen LogP contribution >= 0.6 is 40.1 Å². The van der Waals surface area contributed by atoms with Crippen molar-refractivity contribution < 1.29 is 4.74 Å². The summed E-state index contributed by atoms with van der Waals surface area (Å²) in [5.74, 6) is 3.98. The van der Waals surface area contributed by atoms with Gasteiger partial charge in [0.2, 0.25) is 5.23 Å². The van der Waals surface area contributed by atoms with Crippen LogP contribution < -0.4 is 0 Å². The van der Waals surface area contributed by atoms with Crippen LogP contribution in [0.5, 0.6) is 0 Å². The highest BCUT2D eigenvalue weighted by atomic mass is 79.9. The zero-order valence-electron chi connectivity index (χ0n) is 11.0. The van der Waals surface area contributed by atoms with Crippen LogP contribution in [0, 0.1) is 17.8 Å². The molecule has 1 heterocycles. The van der Waals surface area contributed by atoms with Gasteiger partial charge in [0.05, 0.1) is 5.54 Å². The quantitative estimate of drug-likeness (QED) is 0.681. The van der Waals surface area contributed by atoms with E-state index in [-0.39, 0.29) is 17.9 Å². The molecule has 0 spiro atoms. The molecule has 0 radical (unpaired) electrons. The predicted octanol–water partition coefficient (Wildman–Crippen LogP) is 4.26. The maximum absolute atomic E-state index is 5.92. The van der Waals surface area contributed by atoms with Crippen molar-refractivity contribution in [2.24, 2.45) is 22.7 Å². The van der Waals surface area contributed by atoms with Gasteiger partial charge < -0.3 is 4.74 Å². The third kappa shape index (κ3) is 2.69. The Morgan fingerprint density at radius 3 is 2.21 bits per heavy atom. The lowest BCUT2D eigenvalue weighted by molar-refractivity contribution is 0.000692. The first-order valence-corrected chi connectivity index (χ1v) is 9.31. The summed E-state index contributed by atoms with van der Waals surface area (Å²) in [6, 6.07) is 0. The molecular formula is C14H21BrClNOS. The van der Waals surface area contributed by atoms with E-state index in [0.29, 0.717) is 6.10 Å². The Bertz CT molecular complexity index is 354. The van der Waals surface area contributed by atoms with Crippen molar-refractivity contribution >= 4 is 45.3 Å². The third-order valence-corrected chi connectivity index (χ3v) is 6.86. The minimum Gasteiger partial charge on any atom is -0.468 e. The molecule has 5 rings (SSSR count).